The summed E-state index contributed by atoms with van der Waals surface area (Å²) in [7, 11) is 1.58. The van der Waals surface area contributed by atoms with Gasteiger partial charge in [-0.2, -0.15) is 0 Å². The number of rotatable bonds is 6. The molecule has 0 fully saturated rings. The molecule has 2 aromatic heterocycles. The van der Waals surface area contributed by atoms with Crippen LogP contribution in [0.15, 0.2) is 55.0 Å². The highest BCUT2D eigenvalue weighted by Gasteiger charge is 2.10. The SMILES string of the molecule is COc1cc(Cl)c(C)cc1Nc1ccc(C(=O)NCc2ccncc2)nc1. The zero-order valence-electron chi connectivity index (χ0n) is 15.0. The number of amides is 1. The molecule has 3 aromatic rings. The first kappa shape index (κ1) is 18.7. The number of hydrogen-bond acceptors (Lipinski definition) is 5. The van der Waals surface area contributed by atoms with Gasteiger partial charge in [-0.15, -0.1) is 0 Å². The van der Waals surface area contributed by atoms with E-state index in [4.69, 9.17) is 16.3 Å². The Labute approximate surface area is 162 Å². The van der Waals surface area contributed by atoms with Crippen LogP contribution in [0, 0.1) is 6.92 Å². The Kier molecular flexibility index (Phi) is 5.88. The van der Waals surface area contributed by atoms with E-state index in [0.717, 1.165) is 22.5 Å². The fraction of sp³-hybridized carbons (Fsp3) is 0.150. The lowest BCUT2D eigenvalue weighted by Gasteiger charge is -2.13. The molecule has 0 aliphatic rings. The van der Waals surface area contributed by atoms with E-state index >= 15 is 0 Å². The van der Waals surface area contributed by atoms with Crippen molar-refractivity contribution in [3.63, 3.8) is 0 Å². The van der Waals surface area contributed by atoms with Gasteiger partial charge < -0.3 is 15.4 Å². The number of methoxy groups -OCH3 is 1. The average Bonchev–Trinajstić information content (AvgIpc) is 2.70. The van der Waals surface area contributed by atoms with Crippen LogP contribution in [0.5, 0.6) is 5.75 Å². The minimum Gasteiger partial charge on any atom is -0.495 e. The van der Waals surface area contributed by atoms with Crippen LogP contribution in [0.3, 0.4) is 0 Å². The molecule has 1 amide bonds. The van der Waals surface area contributed by atoms with Crippen molar-refractivity contribution < 1.29 is 9.53 Å². The van der Waals surface area contributed by atoms with Crippen molar-refractivity contribution in [2.24, 2.45) is 0 Å². The molecule has 0 saturated carbocycles. The summed E-state index contributed by atoms with van der Waals surface area (Å²) in [5.41, 5.74) is 3.76. The predicted molar refractivity (Wildman–Crippen MR) is 106 cm³/mol. The van der Waals surface area contributed by atoms with Gasteiger partial charge in [0.1, 0.15) is 11.4 Å². The molecule has 0 spiro atoms. The quantitative estimate of drug-likeness (QED) is 0.670. The van der Waals surface area contributed by atoms with Crippen molar-refractivity contribution in [1.29, 1.82) is 0 Å². The van der Waals surface area contributed by atoms with Gasteiger partial charge in [-0.25, -0.2) is 4.98 Å². The number of aromatic nitrogens is 2. The number of pyridine rings is 2. The van der Waals surface area contributed by atoms with E-state index in [0.29, 0.717) is 23.0 Å². The summed E-state index contributed by atoms with van der Waals surface area (Å²) in [6.45, 7) is 2.34. The maximum absolute atomic E-state index is 12.2. The zero-order chi connectivity index (χ0) is 19.2. The molecule has 138 valence electrons. The first-order valence-corrected chi connectivity index (χ1v) is 8.69. The lowest BCUT2D eigenvalue weighted by molar-refractivity contribution is 0.0946. The number of ether oxygens (including phenoxy) is 1. The van der Waals surface area contributed by atoms with E-state index in [1.54, 1.807) is 43.9 Å². The van der Waals surface area contributed by atoms with E-state index in [-0.39, 0.29) is 5.91 Å². The number of nitrogens with zero attached hydrogens (tertiary/aromatic N) is 2. The number of aryl methyl sites for hydroxylation is 1. The molecule has 6 nitrogen and oxygen atoms in total. The second-order valence-corrected chi connectivity index (χ2v) is 6.30. The van der Waals surface area contributed by atoms with Crippen LogP contribution in [-0.4, -0.2) is 23.0 Å². The number of anilines is 2. The van der Waals surface area contributed by atoms with Crippen LogP contribution in [0.25, 0.3) is 0 Å². The normalized spacial score (nSPS) is 10.3. The van der Waals surface area contributed by atoms with Gasteiger partial charge in [0.05, 0.1) is 24.7 Å². The number of nitrogens with one attached hydrogen (secondary N) is 2. The summed E-state index contributed by atoms with van der Waals surface area (Å²) in [5.74, 6) is 0.392. The fourth-order valence-corrected chi connectivity index (χ4v) is 2.61. The maximum atomic E-state index is 12.2. The Morgan fingerprint density at radius 1 is 1.19 bits per heavy atom. The Hall–Kier alpha value is -3.12. The summed E-state index contributed by atoms with van der Waals surface area (Å²) in [4.78, 5) is 20.4. The Balaban J connectivity index is 1.67. The molecule has 0 unspecified atom stereocenters. The number of carbonyl (C=O) groups is 1. The van der Waals surface area contributed by atoms with E-state index < -0.39 is 0 Å². The minimum absolute atomic E-state index is 0.238. The molecule has 0 atom stereocenters. The summed E-state index contributed by atoms with van der Waals surface area (Å²) in [6, 6.07) is 10.8. The maximum Gasteiger partial charge on any atom is 0.270 e. The smallest absolute Gasteiger partial charge is 0.270 e. The third kappa shape index (κ3) is 4.74. The molecule has 0 saturated heterocycles. The molecule has 2 N–H and O–H groups in total. The van der Waals surface area contributed by atoms with Crippen molar-refractivity contribution in [3.8, 4) is 5.75 Å². The van der Waals surface area contributed by atoms with Crippen molar-refractivity contribution >= 4 is 28.9 Å². The molecular formula is C20H19ClN4O2. The van der Waals surface area contributed by atoms with Gasteiger partial charge in [-0.3, -0.25) is 9.78 Å². The fourth-order valence-electron chi connectivity index (χ4n) is 2.46. The molecule has 0 bridgehead atoms. The van der Waals surface area contributed by atoms with Crippen LogP contribution in [0.2, 0.25) is 5.02 Å². The van der Waals surface area contributed by atoms with Gasteiger partial charge in [0.25, 0.3) is 5.91 Å². The molecule has 1 aromatic carbocycles. The summed E-state index contributed by atoms with van der Waals surface area (Å²) in [6.07, 6.45) is 4.98. The number of carbonyl (C=O) groups excluding carboxylic acids is 1. The van der Waals surface area contributed by atoms with Crippen LogP contribution in [-0.2, 0) is 6.54 Å². The third-order valence-electron chi connectivity index (χ3n) is 3.96. The first-order chi connectivity index (χ1) is 13.1. The number of benzene rings is 1. The van der Waals surface area contributed by atoms with Gasteiger partial charge in [-0.05, 0) is 48.4 Å². The lowest BCUT2D eigenvalue weighted by Crippen LogP contribution is -2.23. The predicted octanol–water partition coefficient (Wildman–Crippen LogP) is 4.12. The number of hydrogen-bond donors (Lipinski definition) is 2. The minimum atomic E-state index is -0.238. The van der Waals surface area contributed by atoms with Crippen LogP contribution in [0.4, 0.5) is 11.4 Å². The van der Waals surface area contributed by atoms with Gasteiger partial charge in [-0.1, -0.05) is 11.6 Å². The largest absolute Gasteiger partial charge is 0.495 e. The standard InChI is InChI=1S/C20H19ClN4O2/c1-13-9-18(19(27-2)10-16(13)21)25-15-3-4-17(23-12-15)20(26)24-11-14-5-7-22-8-6-14/h3-10,12,25H,11H2,1-2H3,(H,24,26). The zero-order valence-corrected chi connectivity index (χ0v) is 15.7. The van der Waals surface area contributed by atoms with Crippen LogP contribution >= 0.6 is 11.6 Å². The second-order valence-electron chi connectivity index (χ2n) is 5.90. The molecular weight excluding hydrogens is 364 g/mol. The van der Waals surface area contributed by atoms with Crippen molar-refractivity contribution in [3.05, 3.63) is 76.8 Å². The van der Waals surface area contributed by atoms with Gasteiger partial charge in [0.2, 0.25) is 0 Å². The highest BCUT2D eigenvalue weighted by atomic mass is 35.5. The molecule has 0 aliphatic heterocycles. The molecule has 7 heteroatoms. The third-order valence-corrected chi connectivity index (χ3v) is 4.37. The van der Waals surface area contributed by atoms with E-state index in [2.05, 4.69) is 20.6 Å². The van der Waals surface area contributed by atoms with Gasteiger partial charge >= 0.3 is 0 Å². The molecule has 27 heavy (non-hydrogen) atoms. The molecule has 0 aliphatic carbocycles. The monoisotopic (exact) mass is 382 g/mol. The lowest BCUT2D eigenvalue weighted by atomic mass is 10.2. The molecule has 3 rings (SSSR count). The average molecular weight is 383 g/mol. The van der Waals surface area contributed by atoms with E-state index in [1.165, 1.54) is 0 Å². The van der Waals surface area contributed by atoms with Gasteiger partial charge in [0.15, 0.2) is 0 Å². The Bertz CT molecular complexity index is 931. The van der Waals surface area contributed by atoms with Crippen molar-refractivity contribution in [2.75, 3.05) is 12.4 Å². The second kappa shape index (κ2) is 8.51. The van der Waals surface area contributed by atoms with Crippen molar-refractivity contribution in [1.82, 2.24) is 15.3 Å². The van der Waals surface area contributed by atoms with Gasteiger partial charge in [0, 0.05) is 30.0 Å². The number of halogens is 1. The topological polar surface area (TPSA) is 76.1 Å². The van der Waals surface area contributed by atoms with E-state index in [9.17, 15) is 4.79 Å². The summed E-state index contributed by atoms with van der Waals surface area (Å²) < 4.78 is 5.35. The van der Waals surface area contributed by atoms with Crippen molar-refractivity contribution in [2.45, 2.75) is 13.5 Å². The summed E-state index contributed by atoms with van der Waals surface area (Å²) in [5, 5.41) is 6.70. The molecule has 0 radical (unpaired) electrons. The first-order valence-electron chi connectivity index (χ1n) is 8.31. The highest BCUT2D eigenvalue weighted by Crippen LogP contribution is 2.32. The summed E-state index contributed by atoms with van der Waals surface area (Å²) >= 11 is 6.13. The highest BCUT2D eigenvalue weighted by molar-refractivity contribution is 6.31. The van der Waals surface area contributed by atoms with Crippen LogP contribution < -0.4 is 15.4 Å². The Morgan fingerprint density at radius 3 is 2.63 bits per heavy atom. The molecule has 2 heterocycles. The Morgan fingerprint density at radius 2 is 1.96 bits per heavy atom. The van der Waals surface area contributed by atoms with Crippen LogP contribution in [0.1, 0.15) is 21.6 Å². The van der Waals surface area contributed by atoms with E-state index in [1.807, 2.05) is 25.1 Å².